The third-order valence-corrected chi connectivity index (χ3v) is 6.42. The Morgan fingerprint density at radius 2 is 1.23 bits per heavy atom. The molecule has 1 heterocycles. The summed E-state index contributed by atoms with van der Waals surface area (Å²) in [5.74, 6) is 0. The molecule has 0 spiro atoms. The van der Waals surface area contributed by atoms with Crippen molar-refractivity contribution in [2.75, 3.05) is 0 Å². The van der Waals surface area contributed by atoms with Crippen molar-refractivity contribution in [3.63, 3.8) is 0 Å². The average molecular weight is 301 g/mol. The summed E-state index contributed by atoms with van der Waals surface area (Å²) in [6.07, 6.45) is 0. The van der Waals surface area contributed by atoms with Gasteiger partial charge in [0.25, 0.3) is 0 Å². The van der Waals surface area contributed by atoms with Gasteiger partial charge in [-0.05, 0) is 61.0 Å². The zero-order valence-electron chi connectivity index (χ0n) is 12.5. The predicted octanol–water partition coefficient (Wildman–Crippen LogP) is 6.76. The van der Waals surface area contributed by atoms with E-state index in [4.69, 9.17) is 0 Å². The quantitative estimate of drug-likeness (QED) is 0.359. The van der Waals surface area contributed by atoms with E-state index in [-0.39, 0.29) is 10.5 Å². The highest BCUT2D eigenvalue weighted by Crippen LogP contribution is 2.48. The molecule has 0 saturated carbocycles. The van der Waals surface area contributed by atoms with Gasteiger partial charge < -0.3 is 0 Å². The lowest BCUT2D eigenvalue weighted by atomic mass is 10.1. The molecule has 4 aromatic rings. The predicted molar refractivity (Wildman–Crippen MR) is 100.0 cm³/mol. The lowest BCUT2D eigenvalue weighted by Crippen LogP contribution is -1.77. The van der Waals surface area contributed by atoms with Gasteiger partial charge in [-0.25, -0.2) is 0 Å². The van der Waals surface area contributed by atoms with Crippen LogP contribution in [0.15, 0.2) is 79.4 Å². The first-order valence-electron chi connectivity index (χ1n) is 7.44. The Balaban J connectivity index is 2.06. The molecule has 0 fully saturated rings. The topological polar surface area (TPSA) is 0 Å². The summed E-state index contributed by atoms with van der Waals surface area (Å²) in [6, 6.07) is 26.5. The maximum absolute atomic E-state index is 4.03. The van der Waals surface area contributed by atoms with Crippen LogP contribution in [-0.4, -0.2) is 0 Å². The monoisotopic (exact) mass is 301 g/mol. The van der Waals surface area contributed by atoms with E-state index in [0.717, 1.165) is 5.57 Å². The van der Waals surface area contributed by atoms with Gasteiger partial charge in [-0.1, -0.05) is 36.4 Å². The molecule has 1 heteroatoms. The summed E-state index contributed by atoms with van der Waals surface area (Å²) < 4.78 is 2.87. The van der Waals surface area contributed by atoms with Crippen LogP contribution < -0.4 is 0 Å². The molecule has 4 rings (SSSR count). The molecule has 0 aliphatic rings. The minimum atomic E-state index is 0.00828. The zero-order chi connectivity index (χ0) is 15.1. The molecule has 0 amide bonds. The van der Waals surface area contributed by atoms with Crippen LogP contribution in [0, 0.1) is 0 Å². The molecule has 0 unspecified atom stereocenters. The highest BCUT2D eigenvalue weighted by Gasteiger charge is 2.22. The maximum atomic E-state index is 4.03. The lowest BCUT2D eigenvalue weighted by Gasteiger charge is -1.99. The first kappa shape index (κ1) is 13.3. The lowest BCUT2D eigenvalue weighted by molar-refractivity contribution is 1.60. The van der Waals surface area contributed by atoms with Gasteiger partial charge in [-0.3, -0.25) is 0 Å². The Bertz CT molecular complexity index is 934. The number of hydrogen-bond donors (Lipinski definition) is 0. The highest BCUT2D eigenvalue weighted by atomic mass is 32.2. The van der Waals surface area contributed by atoms with Crippen LogP contribution in [0.2, 0.25) is 0 Å². The van der Waals surface area contributed by atoms with Gasteiger partial charge in [0, 0.05) is 21.2 Å². The van der Waals surface area contributed by atoms with Gasteiger partial charge in [-0.2, -0.15) is 0 Å². The van der Waals surface area contributed by atoms with Crippen molar-refractivity contribution < 1.29 is 0 Å². The van der Waals surface area contributed by atoms with Gasteiger partial charge in [0.15, 0.2) is 14.3 Å². The fourth-order valence-electron chi connectivity index (χ4n) is 2.98. The third-order valence-electron chi connectivity index (χ3n) is 4.09. The van der Waals surface area contributed by atoms with E-state index in [1.54, 1.807) is 0 Å². The summed E-state index contributed by atoms with van der Waals surface area (Å²) in [7, 11) is 0.00828. The first-order chi connectivity index (χ1) is 10.8. The SMILES string of the molecule is C=C(C)c1ccc(-[s+]2c3ccccc3c3ccccc32)cc1. The number of hydrogen-bond acceptors (Lipinski definition) is 0. The normalized spacial score (nSPS) is 11.1. The molecule has 0 bridgehead atoms. The van der Waals surface area contributed by atoms with E-state index in [1.165, 1.54) is 30.6 Å². The van der Waals surface area contributed by atoms with Crippen LogP contribution in [0.3, 0.4) is 0 Å². The van der Waals surface area contributed by atoms with Crippen molar-refractivity contribution in [1.29, 1.82) is 0 Å². The number of allylic oxidation sites excluding steroid dienone is 1. The molecular formula is C21H17S+. The summed E-state index contributed by atoms with van der Waals surface area (Å²) in [5, 5.41) is 2.76. The van der Waals surface area contributed by atoms with E-state index >= 15 is 0 Å². The minimum absolute atomic E-state index is 0.00828. The van der Waals surface area contributed by atoms with Crippen LogP contribution in [-0.2, 0) is 0 Å². The molecule has 0 saturated heterocycles. The van der Waals surface area contributed by atoms with Crippen molar-refractivity contribution in [2.45, 2.75) is 6.92 Å². The van der Waals surface area contributed by atoms with Crippen LogP contribution in [0.1, 0.15) is 12.5 Å². The zero-order valence-corrected chi connectivity index (χ0v) is 13.4. The Morgan fingerprint density at radius 1 is 0.727 bits per heavy atom. The summed E-state index contributed by atoms with van der Waals surface area (Å²) in [6.45, 7) is 6.08. The van der Waals surface area contributed by atoms with Gasteiger partial charge in [0.2, 0.25) is 0 Å². The Hall–Kier alpha value is -2.38. The molecule has 0 atom stereocenters. The average Bonchev–Trinajstić information content (AvgIpc) is 2.89. The second kappa shape index (κ2) is 5.11. The number of thiophene rings is 1. The fourth-order valence-corrected chi connectivity index (χ4v) is 5.36. The van der Waals surface area contributed by atoms with Crippen LogP contribution in [0.25, 0.3) is 30.6 Å². The molecule has 0 N–H and O–H groups in total. The molecule has 0 radical (unpaired) electrons. The first-order valence-corrected chi connectivity index (χ1v) is 8.67. The van der Waals surface area contributed by atoms with Crippen molar-refractivity contribution in [3.05, 3.63) is 84.9 Å². The van der Waals surface area contributed by atoms with E-state index in [0.29, 0.717) is 0 Å². The Morgan fingerprint density at radius 3 is 1.73 bits per heavy atom. The van der Waals surface area contributed by atoms with Crippen molar-refractivity contribution in [3.8, 4) is 4.90 Å². The largest absolute Gasteiger partial charge is 0.187 e. The number of rotatable bonds is 2. The Kier molecular flexibility index (Phi) is 3.09. The molecule has 22 heavy (non-hydrogen) atoms. The molecular weight excluding hydrogens is 284 g/mol. The summed E-state index contributed by atoms with van der Waals surface area (Å²) in [5.41, 5.74) is 2.33. The molecule has 0 nitrogen and oxygen atoms in total. The second-order valence-electron chi connectivity index (χ2n) is 5.60. The number of fused-ring (bicyclic) bond motifs is 3. The molecule has 106 valence electrons. The van der Waals surface area contributed by atoms with Crippen LogP contribution in [0.5, 0.6) is 0 Å². The van der Waals surface area contributed by atoms with Gasteiger partial charge >= 0.3 is 0 Å². The van der Waals surface area contributed by atoms with Crippen molar-refractivity contribution in [2.24, 2.45) is 0 Å². The second-order valence-corrected chi connectivity index (χ2v) is 7.57. The molecule has 3 aromatic carbocycles. The molecule has 0 aliphatic heterocycles. The summed E-state index contributed by atoms with van der Waals surface area (Å²) in [4.78, 5) is 1.38. The van der Waals surface area contributed by atoms with E-state index in [2.05, 4.69) is 86.3 Å². The van der Waals surface area contributed by atoms with E-state index in [9.17, 15) is 0 Å². The van der Waals surface area contributed by atoms with E-state index < -0.39 is 0 Å². The van der Waals surface area contributed by atoms with E-state index in [1.807, 2.05) is 0 Å². The number of benzene rings is 3. The molecule has 0 aliphatic carbocycles. The van der Waals surface area contributed by atoms with Crippen LogP contribution in [0.4, 0.5) is 0 Å². The standard InChI is InChI=1S/C21H17S/c1-15(2)16-11-13-17(14-12-16)22-20-9-5-3-7-18(20)19-8-4-6-10-21(19)22/h3-14H,1H2,2H3/q+1. The van der Waals surface area contributed by atoms with Gasteiger partial charge in [0.05, 0.1) is 0 Å². The maximum Gasteiger partial charge on any atom is 0.187 e. The third kappa shape index (κ3) is 1.98. The smallest absolute Gasteiger partial charge is 0.0955 e. The minimum Gasteiger partial charge on any atom is -0.0955 e. The van der Waals surface area contributed by atoms with Gasteiger partial charge in [-0.15, -0.1) is 0 Å². The fraction of sp³-hybridized carbons (Fsp3) is 0.0476. The highest BCUT2D eigenvalue weighted by molar-refractivity contribution is 7.50. The van der Waals surface area contributed by atoms with Crippen LogP contribution >= 0.6 is 10.5 Å². The molecule has 1 aromatic heterocycles. The van der Waals surface area contributed by atoms with Crippen molar-refractivity contribution in [1.82, 2.24) is 0 Å². The van der Waals surface area contributed by atoms with Crippen molar-refractivity contribution >= 4 is 36.2 Å². The Labute approximate surface area is 133 Å². The summed E-state index contributed by atoms with van der Waals surface area (Å²) >= 11 is 0. The van der Waals surface area contributed by atoms with Gasteiger partial charge in [0.1, 0.15) is 0 Å².